The van der Waals surface area contributed by atoms with Crippen molar-refractivity contribution in [3.8, 4) is 5.75 Å². The van der Waals surface area contributed by atoms with Crippen molar-refractivity contribution in [3.63, 3.8) is 0 Å². The van der Waals surface area contributed by atoms with Crippen LogP contribution < -0.4 is 10.9 Å². The van der Waals surface area contributed by atoms with Crippen molar-refractivity contribution >= 4 is 11.9 Å². The lowest BCUT2D eigenvalue weighted by atomic mass is 10.0. The second kappa shape index (κ2) is 4.76. The maximum atomic E-state index is 12.3. The summed E-state index contributed by atoms with van der Waals surface area (Å²) in [4.78, 5) is 28.3. The molecule has 2 N–H and O–H groups in total. The largest absolute Gasteiger partial charge is 0.507 e. The Labute approximate surface area is 120 Å². The van der Waals surface area contributed by atoms with E-state index in [1.165, 1.54) is 17.0 Å². The number of amides is 1. The Morgan fingerprint density at radius 3 is 3.00 bits per heavy atom. The zero-order chi connectivity index (χ0) is 15.1. The topological polar surface area (TPSA) is 97.4 Å². The summed E-state index contributed by atoms with van der Waals surface area (Å²) in [6, 6.07) is -0.0185. The monoisotopic (exact) mass is 289 g/mol. The van der Waals surface area contributed by atoms with Gasteiger partial charge in [-0.05, 0) is 18.8 Å². The number of hydrogen-bond donors (Lipinski definition) is 2. The first-order valence-corrected chi connectivity index (χ1v) is 6.66. The predicted octanol–water partition coefficient (Wildman–Crippen LogP) is 1.38. The number of pyridine rings is 1. The Hall–Kier alpha value is -2.57. The van der Waals surface area contributed by atoms with E-state index in [0.29, 0.717) is 5.56 Å². The van der Waals surface area contributed by atoms with Crippen LogP contribution >= 0.6 is 0 Å². The smallest absolute Gasteiger partial charge is 0.301 e. The lowest BCUT2D eigenvalue weighted by Gasteiger charge is -2.14. The molecule has 1 aliphatic rings. The quantitative estimate of drug-likeness (QED) is 0.870. The second-order valence-corrected chi connectivity index (χ2v) is 5.18. The highest BCUT2D eigenvalue weighted by atomic mass is 16.4. The summed E-state index contributed by atoms with van der Waals surface area (Å²) in [7, 11) is 1.61. The molecule has 2 aromatic heterocycles. The number of oxazole rings is 1. The van der Waals surface area contributed by atoms with E-state index in [9.17, 15) is 14.7 Å². The number of rotatable bonds is 2. The summed E-state index contributed by atoms with van der Waals surface area (Å²) < 4.78 is 6.35. The van der Waals surface area contributed by atoms with Crippen molar-refractivity contribution in [3.05, 3.63) is 39.6 Å². The van der Waals surface area contributed by atoms with E-state index in [2.05, 4.69) is 10.3 Å². The highest BCUT2D eigenvalue weighted by Gasteiger charge is 2.31. The van der Waals surface area contributed by atoms with Gasteiger partial charge in [0.1, 0.15) is 17.6 Å². The van der Waals surface area contributed by atoms with Crippen molar-refractivity contribution in [2.24, 2.45) is 7.05 Å². The minimum absolute atomic E-state index is 0.0185. The second-order valence-electron chi connectivity index (χ2n) is 5.18. The van der Waals surface area contributed by atoms with Crippen LogP contribution in [0.15, 0.2) is 21.7 Å². The minimum atomic E-state index is -0.725. The fourth-order valence-corrected chi connectivity index (χ4v) is 2.81. The average Bonchev–Trinajstić information content (AvgIpc) is 3.06. The molecule has 3 rings (SSSR count). The third-order valence-electron chi connectivity index (χ3n) is 3.91. The molecule has 0 saturated heterocycles. The van der Waals surface area contributed by atoms with Gasteiger partial charge in [-0.1, -0.05) is 6.92 Å². The summed E-state index contributed by atoms with van der Waals surface area (Å²) in [6.07, 6.45) is 4.25. The van der Waals surface area contributed by atoms with Crippen LogP contribution in [-0.4, -0.2) is 20.6 Å². The molecule has 2 aromatic rings. The van der Waals surface area contributed by atoms with Crippen molar-refractivity contribution in [2.45, 2.75) is 25.7 Å². The molecule has 0 aromatic carbocycles. The van der Waals surface area contributed by atoms with E-state index in [4.69, 9.17) is 4.42 Å². The van der Waals surface area contributed by atoms with Gasteiger partial charge in [-0.2, -0.15) is 0 Å². The average molecular weight is 289 g/mol. The Bertz CT molecular complexity index is 762. The maximum Gasteiger partial charge on any atom is 0.301 e. The van der Waals surface area contributed by atoms with E-state index in [0.717, 1.165) is 18.5 Å². The van der Waals surface area contributed by atoms with Gasteiger partial charge in [-0.25, -0.2) is 4.98 Å². The third-order valence-corrected chi connectivity index (χ3v) is 3.91. The molecule has 0 aliphatic heterocycles. The molecular formula is C14H15N3O4. The van der Waals surface area contributed by atoms with Crippen LogP contribution in [-0.2, 0) is 13.5 Å². The molecule has 1 amide bonds. The van der Waals surface area contributed by atoms with Crippen LogP contribution in [0.25, 0.3) is 0 Å². The van der Waals surface area contributed by atoms with E-state index in [1.807, 2.05) is 6.92 Å². The molecular weight excluding hydrogens is 274 g/mol. The number of nitrogens with one attached hydrogen (secondary N) is 1. The summed E-state index contributed by atoms with van der Waals surface area (Å²) in [5.41, 5.74) is 0.667. The van der Waals surface area contributed by atoms with Gasteiger partial charge in [0.25, 0.3) is 11.5 Å². The number of carbonyl (C=O) groups excluding carboxylic acids is 1. The van der Waals surface area contributed by atoms with Crippen molar-refractivity contribution in [1.29, 1.82) is 0 Å². The van der Waals surface area contributed by atoms with Crippen LogP contribution in [0, 0.1) is 0 Å². The minimum Gasteiger partial charge on any atom is -0.507 e. The fraction of sp³-hybridized carbons (Fsp3) is 0.357. The molecule has 0 saturated carbocycles. The van der Waals surface area contributed by atoms with E-state index in [-0.39, 0.29) is 23.2 Å². The lowest BCUT2D eigenvalue weighted by Crippen LogP contribution is -2.30. The third kappa shape index (κ3) is 2.01. The van der Waals surface area contributed by atoms with Crippen LogP contribution in [0.3, 0.4) is 0 Å². The van der Waals surface area contributed by atoms with Crippen molar-refractivity contribution < 1.29 is 14.3 Å². The van der Waals surface area contributed by atoms with Crippen molar-refractivity contribution in [2.75, 3.05) is 5.32 Å². The normalized spacial score (nSPS) is 16.8. The molecule has 2 heterocycles. The Morgan fingerprint density at radius 1 is 1.57 bits per heavy atom. The number of aromatic nitrogens is 2. The van der Waals surface area contributed by atoms with Crippen molar-refractivity contribution in [1.82, 2.24) is 9.55 Å². The Morgan fingerprint density at radius 2 is 2.33 bits per heavy atom. The molecule has 110 valence electrons. The molecule has 7 heteroatoms. The highest BCUT2D eigenvalue weighted by Crippen LogP contribution is 2.39. The fourth-order valence-electron chi connectivity index (χ4n) is 2.81. The predicted molar refractivity (Wildman–Crippen MR) is 74.5 cm³/mol. The van der Waals surface area contributed by atoms with Crippen LogP contribution in [0.1, 0.15) is 40.9 Å². The van der Waals surface area contributed by atoms with E-state index in [1.54, 1.807) is 7.05 Å². The maximum absolute atomic E-state index is 12.3. The first-order chi connectivity index (χ1) is 10.0. The van der Waals surface area contributed by atoms with Gasteiger partial charge in [0.2, 0.25) is 0 Å². The highest BCUT2D eigenvalue weighted by molar-refractivity contribution is 6.05. The van der Waals surface area contributed by atoms with Crippen LogP contribution in [0.2, 0.25) is 0 Å². The molecule has 1 atom stereocenters. The van der Waals surface area contributed by atoms with E-state index >= 15 is 0 Å². The number of aromatic hydroxyl groups is 1. The Kier molecular flexibility index (Phi) is 3.04. The van der Waals surface area contributed by atoms with Gasteiger partial charge in [0.15, 0.2) is 0 Å². The zero-order valence-electron chi connectivity index (χ0n) is 11.7. The number of hydrogen-bond acceptors (Lipinski definition) is 5. The summed E-state index contributed by atoms with van der Waals surface area (Å²) in [5, 5.41) is 12.7. The molecule has 21 heavy (non-hydrogen) atoms. The molecule has 0 spiro atoms. The first-order valence-electron chi connectivity index (χ1n) is 6.66. The standard InChI is InChI=1S/C14H15N3O4/c1-7-3-4-8-9(7)11(18)10(13(20)17(8)2)12(19)16-14-15-5-6-21-14/h5-7,18H,3-4H2,1-2H3,(H,15,16,19)/t7-/m1/s1. The van der Waals surface area contributed by atoms with Gasteiger partial charge in [0.05, 0.1) is 6.20 Å². The molecule has 0 radical (unpaired) electrons. The van der Waals surface area contributed by atoms with Gasteiger partial charge in [-0.15, -0.1) is 0 Å². The molecule has 0 bridgehead atoms. The number of anilines is 1. The number of carbonyl (C=O) groups is 1. The Balaban J connectivity index is 2.11. The molecule has 0 unspecified atom stereocenters. The van der Waals surface area contributed by atoms with E-state index < -0.39 is 11.5 Å². The van der Waals surface area contributed by atoms with Crippen LogP contribution in [0.4, 0.5) is 6.01 Å². The zero-order valence-corrected chi connectivity index (χ0v) is 11.7. The molecule has 0 fully saturated rings. The molecule has 1 aliphatic carbocycles. The van der Waals surface area contributed by atoms with Gasteiger partial charge in [0, 0.05) is 18.3 Å². The summed E-state index contributed by atoms with van der Waals surface area (Å²) in [6.45, 7) is 1.96. The molecule has 7 nitrogen and oxygen atoms in total. The first kappa shape index (κ1) is 13.4. The SMILES string of the molecule is C[C@@H]1CCc2c1c(O)c(C(=O)Nc1ncco1)c(=O)n2C. The summed E-state index contributed by atoms with van der Waals surface area (Å²) in [5.74, 6) is -0.848. The van der Waals surface area contributed by atoms with Crippen LogP contribution in [0.5, 0.6) is 5.75 Å². The van der Waals surface area contributed by atoms with Gasteiger partial charge < -0.3 is 14.1 Å². The lowest BCUT2D eigenvalue weighted by molar-refractivity contribution is 0.101. The van der Waals surface area contributed by atoms with Gasteiger partial charge >= 0.3 is 6.01 Å². The number of nitrogens with zero attached hydrogens (tertiary/aromatic N) is 2. The number of fused-ring (bicyclic) bond motifs is 1. The summed E-state index contributed by atoms with van der Waals surface area (Å²) >= 11 is 0. The van der Waals surface area contributed by atoms with Gasteiger partial charge in [-0.3, -0.25) is 14.9 Å².